The number of aryl methyl sites for hydroxylation is 6. The zero-order chi connectivity index (χ0) is 106. The van der Waals surface area contributed by atoms with Gasteiger partial charge in [-0.25, -0.2) is 44.9 Å². The van der Waals surface area contributed by atoms with Crippen LogP contribution in [-0.2, 0) is 38.5 Å². The Morgan fingerprint density at radius 1 is 0.255 bits per heavy atom. The molecule has 44 heteroatoms. The third-order valence-electron chi connectivity index (χ3n) is 23.8. The average molecular weight is 2170 g/mol. The first-order valence-corrected chi connectivity index (χ1v) is 58.6. The Bertz CT molecular complexity index is 5720. The summed E-state index contributed by atoms with van der Waals surface area (Å²) in [7, 11) is 0. The summed E-state index contributed by atoms with van der Waals surface area (Å²) in [6, 6.07) is -6.99. The van der Waals surface area contributed by atoms with Gasteiger partial charge in [0.2, 0.25) is 0 Å². The molecule has 0 saturated carbocycles. The third kappa shape index (κ3) is 35.4. The summed E-state index contributed by atoms with van der Waals surface area (Å²) < 4.78 is 0. The van der Waals surface area contributed by atoms with E-state index < -0.39 is 108 Å². The number of aliphatic hydroxyl groups excluding tert-OH is 1. The van der Waals surface area contributed by atoms with E-state index in [2.05, 4.69) is 89.4 Å². The van der Waals surface area contributed by atoms with Gasteiger partial charge in [0.15, 0.2) is 0 Å². The summed E-state index contributed by atoms with van der Waals surface area (Å²) in [4.78, 5) is 184. The van der Waals surface area contributed by atoms with Crippen molar-refractivity contribution in [1.82, 2.24) is 92.7 Å². The van der Waals surface area contributed by atoms with Crippen LogP contribution in [-0.4, -0.2) is 149 Å². The van der Waals surface area contributed by atoms with Crippen LogP contribution in [0.2, 0.25) is 0 Å². The molecular formula is C101H157N25O10S9. The van der Waals surface area contributed by atoms with Crippen molar-refractivity contribution < 1.29 is 48.3 Å². The third-order valence-corrected chi connectivity index (χ3v) is 33.4. The summed E-state index contributed by atoms with van der Waals surface area (Å²) >= 11 is 11.0. The molecule has 0 aliphatic rings. The summed E-state index contributed by atoms with van der Waals surface area (Å²) in [6.07, 6.45) is 12.7. The van der Waals surface area contributed by atoms with E-state index >= 15 is 28.8 Å². The van der Waals surface area contributed by atoms with Gasteiger partial charge in [0.05, 0.1) is 151 Å². The molecule has 10 atom stereocenters. The first kappa shape index (κ1) is 120. The molecule has 35 nitrogen and oxygen atoms in total. The predicted octanol–water partition coefficient (Wildman–Crippen LogP) is 16.6. The van der Waals surface area contributed by atoms with Crippen LogP contribution >= 0.6 is 102 Å². The maximum Gasteiger partial charge on any atom is 0.263 e. The van der Waals surface area contributed by atoms with Crippen molar-refractivity contribution in [3.63, 3.8) is 0 Å². The molecule has 9 rings (SSSR count). The molecule has 0 spiro atoms. The highest BCUT2D eigenvalue weighted by Crippen LogP contribution is 2.41. The minimum absolute atomic E-state index is 0.00446. The molecule has 9 heterocycles. The van der Waals surface area contributed by atoms with E-state index in [0.717, 1.165) is 30.7 Å². The number of rotatable bonds is 64. The number of hydrogen-bond donors (Lipinski definition) is 17. The van der Waals surface area contributed by atoms with E-state index in [-0.39, 0.29) is 70.7 Å². The lowest BCUT2D eigenvalue weighted by Gasteiger charge is -2.23. The van der Waals surface area contributed by atoms with Gasteiger partial charge in [0.1, 0.15) is 50.1 Å². The number of unbranched alkanes of at least 4 members (excludes halogenated alkanes) is 6. The van der Waals surface area contributed by atoms with Gasteiger partial charge >= 0.3 is 0 Å². The molecule has 0 saturated heterocycles. The van der Waals surface area contributed by atoms with Crippen LogP contribution < -0.4 is 88.0 Å². The molecule has 0 radical (unpaired) electrons. The second kappa shape index (κ2) is 58.7. The molecule has 9 aromatic rings. The molecule has 0 aromatic carbocycles. The highest BCUT2D eigenvalue weighted by molar-refractivity contribution is 7.16. The summed E-state index contributed by atoms with van der Waals surface area (Å²) in [5, 5.41) is 45.7. The number of nitrogens with zero attached hydrogens (tertiary/aromatic N) is 9. The molecular weight excluding hydrogens is 2010 g/mol. The van der Waals surface area contributed by atoms with E-state index in [4.69, 9.17) is 85.0 Å². The number of carbonyl (C=O) groups excluding carboxylic acids is 9. The van der Waals surface area contributed by atoms with Gasteiger partial charge in [0.25, 0.3) is 53.2 Å². The number of aromatic nitrogens is 9. The van der Waals surface area contributed by atoms with Gasteiger partial charge in [-0.1, -0.05) is 89.5 Å². The molecule has 1 unspecified atom stereocenters. The van der Waals surface area contributed by atoms with Crippen LogP contribution in [0.15, 0.2) is 0 Å². The Morgan fingerprint density at radius 3 is 0.731 bits per heavy atom. The summed E-state index contributed by atoms with van der Waals surface area (Å²) in [5.74, 6) is -4.00. The number of aliphatic hydroxyl groups is 1. The van der Waals surface area contributed by atoms with Gasteiger partial charge in [-0.05, 0) is 252 Å². The van der Waals surface area contributed by atoms with Crippen molar-refractivity contribution in [3.8, 4) is 0 Å². The Morgan fingerprint density at radius 2 is 0.469 bits per heavy atom. The Hall–Kier alpha value is -8.42. The SMILES string of the molecule is Cc1nc([C@H](CCCCN)NC(=O)c2sc(CC(C)C)nc2[C@H](C)NC(=O)c2sc(CCCCN)nc2[C@H](CC(C)C)NC(=O)c2sc(C)nc2[C@H](CCCCN)NC(=O)c2sc(CC(C)C)nc2[C@H](C)NC(=O)c2sc(CCCCN)nc2[C@H](CC(C)C)NC(=O)c2sc(C)nc2[C@H](CCCCN)NC(C)O)c(C(=O)N[C@@H](CC(C)C)c2nc(CCCCN)sc2C(=O)N[C@@H](C)c2nc(CC(C)C)sc2C(N)=O)s1. The second-order valence-electron chi connectivity index (χ2n) is 40.0. The largest absolute Gasteiger partial charge is 0.379 e. The fourth-order valence-corrected chi connectivity index (χ4v) is 26.8. The van der Waals surface area contributed by atoms with Crippen LogP contribution in [0.5, 0.6) is 0 Å². The number of amides is 9. The first-order valence-electron chi connectivity index (χ1n) is 51.3. The first-order chi connectivity index (χ1) is 69.0. The smallest absolute Gasteiger partial charge is 0.263 e. The molecule has 0 fully saturated rings. The number of thiazole rings is 9. The molecule has 800 valence electrons. The van der Waals surface area contributed by atoms with Gasteiger partial charge in [-0.2, -0.15) is 0 Å². The predicted molar refractivity (Wildman–Crippen MR) is 587 cm³/mol. The Kier molecular flexibility index (Phi) is 48.6. The standard InChI is InChI=1S/C101H157N25O10S9/c1-50(2)44-66(118-99(134)87-78(113-60(17)137-87)63(112-59(16)127)32-20-26-38-102)82-91(141-70(122-82)36-24-30-42-106)95(130)110-57(14)76-85(144-73(125-76)48-54(9)10)97(132)117-65(34-22-28-40-104)80-89(139-62(19)115-80)101(136)120-68(46-52(5)6)83-92(142-71(123-83)37-25-31-43-107)96(131)111-58(15)77-86(145-74(126-77)49-55(11)12)98(133)116-64(33-21-27-39-103)79-88(138-61(18)114-79)100(135)119-67(45-51(3)4)81-90(140-69(121-81)35-23-29-41-105)94(129)109-56(13)75-84(93(108)128)143-72(124-75)47-53(7)8/h50-59,63-68,112,127H,20-49,102-107H2,1-19H3,(H2,108,128)(H,109,129)(H,110,130)(H,111,131)(H,116,133)(H,117,132)(H,118,134)(H,119,135)(H,120,136)/t56-,57-,58-,59?,63-,64-,65-,66-,67-,68-/m0/s1. The topological polar surface area (TPSA) is 580 Å². The van der Waals surface area contributed by atoms with E-state index in [1.807, 2.05) is 48.5 Å². The number of carbonyl (C=O) groups is 9. The summed E-state index contributed by atoms with van der Waals surface area (Å²) in [5.41, 5.74) is 45.5. The molecule has 24 N–H and O–H groups in total. The van der Waals surface area contributed by atoms with Crippen molar-refractivity contribution in [2.24, 2.45) is 75.6 Å². The number of nitrogens with one attached hydrogen (secondary N) is 9. The van der Waals surface area contributed by atoms with Gasteiger partial charge in [-0.15, -0.1) is 102 Å². The quantitative estimate of drug-likeness (QED) is 0.0124. The number of hydrogen-bond acceptors (Lipinski definition) is 35. The minimum atomic E-state index is -0.899. The van der Waals surface area contributed by atoms with Crippen molar-refractivity contribution in [2.75, 3.05) is 39.3 Å². The lowest BCUT2D eigenvalue weighted by molar-refractivity contribution is 0.0907. The van der Waals surface area contributed by atoms with Crippen LogP contribution in [0.1, 0.15) is 464 Å². The molecule has 0 aliphatic heterocycles. The van der Waals surface area contributed by atoms with Crippen molar-refractivity contribution >= 4 is 155 Å². The van der Waals surface area contributed by atoms with Crippen molar-refractivity contribution in [2.45, 2.75) is 346 Å². The average Bonchev–Trinajstić information content (AvgIpc) is 1.40. The number of primary amides is 1. The van der Waals surface area contributed by atoms with E-state index in [0.29, 0.717) is 274 Å². The normalized spacial score (nSPS) is 14.0. The van der Waals surface area contributed by atoms with E-state index in [1.165, 1.54) is 102 Å². The molecule has 145 heavy (non-hydrogen) atoms. The van der Waals surface area contributed by atoms with Crippen LogP contribution in [0.4, 0.5) is 0 Å². The highest BCUT2D eigenvalue weighted by atomic mass is 32.1. The maximum atomic E-state index is 15.7. The minimum Gasteiger partial charge on any atom is -0.379 e. The number of nitrogens with two attached hydrogens (primary N) is 7. The van der Waals surface area contributed by atoms with Crippen LogP contribution in [0.25, 0.3) is 0 Å². The van der Waals surface area contributed by atoms with E-state index in [1.54, 1.807) is 41.5 Å². The van der Waals surface area contributed by atoms with Gasteiger partial charge in [-0.3, -0.25) is 48.5 Å². The molecule has 9 aromatic heterocycles. The fourth-order valence-electron chi connectivity index (χ4n) is 17.1. The van der Waals surface area contributed by atoms with Crippen LogP contribution in [0, 0.1) is 56.3 Å². The van der Waals surface area contributed by atoms with E-state index in [9.17, 15) is 19.5 Å². The highest BCUT2D eigenvalue weighted by Gasteiger charge is 2.40. The fraction of sp³-hybridized carbons (Fsp3) is 0.644. The zero-order valence-corrected chi connectivity index (χ0v) is 95.2. The van der Waals surface area contributed by atoms with Gasteiger partial charge < -0.3 is 87.8 Å². The second-order valence-corrected chi connectivity index (χ2v) is 50.1. The summed E-state index contributed by atoms with van der Waals surface area (Å²) in [6.45, 7) is 39.5. The van der Waals surface area contributed by atoms with Gasteiger partial charge in [0, 0.05) is 19.3 Å². The Balaban J connectivity index is 0.999. The monoisotopic (exact) mass is 2170 g/mol. The molecule has 9 amide bonds. The molecule has 0 aliphatic carbocycles. The molecule has 0 bridgehead atoms. The zero-order valence-electron chi connectivity index (χ0n) is 87.8. The Labute approximate surface area is 890 Å². The van der Waals surface area contributed by atoms with Crippen molar-refractivity contribution in [3.05, 3.63) is 140 Å². The lowest BCUT2D eigenvalue weighted by Crippen LogP contribution is -2.35. The maximum absolute atomic E-state index is 15.7. The van der Waals surface area contributed by atoms with Crippen molar-refractivity contribution in [1.29, 1.82) is 0 Å². The van der Waals surface area contributed by atoms with Crippen LogP contribution in [0.3, 0.4) is 0 Å². The lowest BCUT2D eigenvalue weighted by atomic mass is 9.99.